The van der Waals surface area contributed by atoms with Crippen molar-refractivity contribution in [2.75, 3.05) is 11.9 Å². The Kier molecular flexibility index (Phi) is 5.45. The van der Waals surface area contributed by atoms with Crippen molar-refractivity contribution >= 4 is 22.8 Å². The van der Waals surface area contributed by atoms with Gasteiger partial charge in [0.15, 0.2) is 5.82 Å². The zero-order valence-corrected chi connectivity index (χ0v) is 16.2. The number of aromatic nitrogens is 4. The van der Waals surface area contributed by atoms with Gasteiger partial charge < -0.3 is 15.2 Å². The summed E-state index contributed by atoms with van der Waals surface area (Å²) in [6.45, 7) is 1.85. The van der Waals surface area contributed by atoms with Crippen LogP contribution in [0.25, 0.3) is 22.4 Å². The van der Waals surface area contributed by atoms with Crippen LogP contribution < -0.4 is 10.6 Å². The number of nitrogens with zero attached hydrogens (tertiary/aromatic N) is 4. The normalized spacial score (nSPS) is 13.9. The van der Waals surface area contributed by atoms with Crippen molar-refractivity contribution in [2.45, 2.75) is 32.0 Å². The van der Waals surface area contributed by atoms with Crippen molar-refractivity contribution in [1.82, 2.24) is 24.8 Å². The fourth-order valence-electron chi connectivity index (χ4n) is 2.91. The third-order valence-electron chi connectivity index (χ3n) is 4.69. The molecule has 0 aromatic carbocycles. The molecule has 0 bridgehead atoms. The van der Waals surface area contributed by atoms with Crippen LogP contribution in [0.5, 0.6) is 0 Å². The van der Waals surface area contributed by atoms with E-state index in [0.29, 0.717) is 11.6 Å². The molecule has 0 saturated carbocycles. The highest BCUT2D eigenvalue weighted by molar-refractivity contribution is 5.92. The number of nitrogens with one attached hydrogen (secondary N) is 2. The summed E-state index contributed by atoms with van der Waals surface area (Å²) in [6.07, 6.45) is 0.857. The molecule has 0 aliphatic heterocycles. The van der Waals surface area contributed by atoms with Crippen LogP contribution in [0.15, 0.2) is 36.8 Å². The van der Waals surface area contributed by atoms with Crippen molar-refractivity contribution < 1.29 is 18.0 Å². The van der Waals surface area contributed by atoms with Crippen LogP contribution in [0, 0.1) is 0 Å². The lowest BCUT2D eigenvalue weighted by molar-refractivity contribution is -0.140. The fraction of sp³-hybridized carbons (Fsp3) is 0.368. The van der Waals surface area contributed by atoms with Crippen molar-refractivity contribution in [1.29, 1.82) is 0 Å². The van der Waals surface area contributed by atoms with Crippen LogP contribution in [0.4, 0.5) is 19.0 Å². The number of hydrogen-bond donors (Lipinski definition) is 2. The second kappa shape index (κ2) is 7.69. The van der Waals surface area contributed by atoms with Gasteiger partial charge in [0.1, 0.15) is 23.5 Å². The molecule has 10 heteroatoms. The molecular formula is C19H21F3N6O. The first kappa shape index (κ1) is 20.6. The van der Waals surface area contributed by atoms with Gasteiger partial charge in [0.05, 0.1) is 0 Å². The molecule has 0 unspecified atom stereocenters. The lowest BCUT2D eigenvalue weighted by atomic mass is 9.97. The lowest BCUT2D eigenvalue weighted by Crippen LogP contribution is -2.52. The molecule has 3 aromatic rings. The zero-order chi connectivity index (χ0) is 21.2. The van der Waals surface area contributed by atoms with Gasteiger partial charge in [-0.15, -0.1) is 0 Å². The second-order valence-corrected chi connectivity index (χ2v) is 6.90. The summed E-state index contributed by atoms with van der Waals surface area (Å²) in [4.78, 5) is 25.4. The van der Waals surface area contributed by atoms with E-state index in [1.807, 2.05) is 35.3 Å². The van der Waals surface area contributed by atoms with E-state index in [1.54, 1.807) is 19.2 Å². The second-order valence-electron chi connectivity index (χ2n) is 6.90. The molecular weight excluding hydrogens is 385 g/mol. The Bertz CT molecular complexity index is 1030. The standard InChI is InChI=1S/C19H21F3N6O/c1-4-18(2,17(29)25-11-19(20,21)22)27-14-7-9-23-15(26-14)13-10-28(3)16-12(13)6-5-8-24-16/h5-10H,4,11H2,1-3H3,(H,25,29)(H,23,26,27)/t18-/m1/s1. The van der Waals surface area contributed by atoms with Crippen LogP contribution in [0.1, 0.15) is 20.3 Å². The maximum Gasteiger partial charge on any atom is 0.405 e. The number of aryl methyl sites for hydroxylation is 1. The quantitative estimate of drug-likeness (QED) is 0.656. The molecule has 0 saturated heterocycles. The van der Waals surface area contributed by atoms with Crippen molar-refractivity contribution in [3.05, 3.63) is 36.8 Å². The summed E-state index contributed by atoms with van der Waals surface area (Å²) in [5, 5.41) is 5.75. The molecule has 154 valence electrons. The maximum absolute atomic E-state index is 12.4. The van der Waals surface area contributed by atoms with Crippen LogP contribution >= 0.6 is 0 Å². The minimum Gasteiger partial charge on any atom is -0.356 e. The van der Waals surface area contributed by atoms with Gasteiger partial charge >= 0.3 is 6.18 Å². The number of hydrogen-bond acceptors (Lipinski definition) is 5. The highest BCUT2D eigenvalue weighted by Gasteiger charge is 2.35. The Morgan fingerprint density at radius 3 is 2.66 bits per heavy atom. The molecule has 3 aromatic heterocycles. The Morgan fingerprint density at radius 1 is 1.21 bits per heavy atom. The fourth-order valence-corrected chi connectivity index (χ4v) is 2.91. The number of carbonyl (C=O) groups is 1. The molecule has 7 nitrogen and oxygen atoms in total. The SMILES string of the molecule is CC[C@@](C)(Nc1ccnc(-c2cn(C)c3ncccc23)n1)C(=O)NCC(F)(F)F. The average molecular weight is 406 g/mol. The topological polar surface area (TPSA) is 84.7 Å². The molecule has 2 N–H and O–H groups in total. The predicted octanol–water partition coefficient (Wildman–Crippen LogP) is 3.29. The van der Waals surface area contributed by atoms with E-state index in [2.05, 4.69) is 20.3 Å². The van der Waals surface area contributed by atoms with E-state index in [-0.39, 0.29) is 6.42 Å². The maximum atomic E-state index is 12.4. The third kappa shape index (κ3) is 4.47. The molecule has 1 amide bonds. The van der Waals surface area contributed by atoms with Crippen LogP contribution in [0.3, 0.4) is 0 Å². The first-order valence-electron chi connectivity index (χ1n) is 8.99. The molecule has 1 atom stereocenters. The number of alkyl halides is 3. The van der Waals surface area contributed by atoms with Crippen molar-refractivity contribution in [3.63, 3.8) is 0 Å². The molecule has 0 aliphatic rings. The predicted molar refractivity (Wildman–Crippen MR) is 103 cm³/mol. The summed E-state index contributed by atoms with van der Waals surface area (Å²) in [5.74, 6) is -0.00278. The highest BCUT2D eigenvalue weighted by Crippen LogP contribution is 2.27. The molecule has 0 radical (unpaired) electrons. The summed E-state index contributed by atoms with van der Waals surface area (Å²) >= 11 is 0. The molecule has 3 rings (SSSR count). The average Bonchev–Trinajstić information content (AvgIpc) is 3.02. The van der Waals surface area contributed by atoms with Crippen LogP contribution in [0.2, 0.25) is 0 Å². The van der Waals surface area contributed by atoms with E-state index < -0.39 is 24.2 Å². The smallest absolute Gasteiger partial charge is 0.356 e. The van der Waals surface area contributed by atoms with Crippen molar-refractivity contribution in [3.8, 4) is 11.4 Å². The Morgan fingerprint density at radius 2 is 1.97 bits per heavy atom. The van der Waals surface area contributed by atoms with Crippen molar-refractivity contribution in [2.24, 2.45) is 7.05 Å². The van der Waals surface area contributed by atoms with Crippen LogP contribution in [-0.4, -0.2) is 43.7 Å². The highest BCUT2D eigenvalue weighted by atomic mass is 19.4. The first-order valence-corrected chi connectivity index (χ1v) is 8.99. The van der Waals surface area contributed by atoms with E-state index >= 15 is 0 Å². The molecule has 0 fully saturated rings. The molecule has 0 spiro atoms. The number of amides is 1. The van der Waals surface area contributed by atoms with Gasteiger partial charge in [-0.3, -0.25) is 4.79 Å². The van der Waals surface area contributed by atoms with Gasteiger partial charge in [0, 0.05) is 36.6 Å². The first-order chi connectivity index (χ1) is 13.6. The number of rotatable bonds is 6. The van der Waals surface area contributed by atoms with Gasteiger partial charge in [0.2, 0.25) is 5.91 Å². The minimum absolute atomic E-state index is 0.258. The van der Waals surface area contributed by atoms with E-state index in [9.17, 15) is 18.0 Å². The van der Waals surface area contributed by atoms with E-state index in [1.165, 1.54) is 13.1 Å². The molecule has 3 heterocycles. The lowest BCUT2D eigenvalue weighted by Gasteiger charge is -2.29. The molecule has 29 heavy (non-hydrogen) atoms. The molecule has 0 aliphatic carbocycles. The number of halogens is 3. The Balaban J connectivity index is 1.87. The number of fused-ring (bicyclic) bond motifs is 1. The number of anilines is 1. The zero-order valence-electron chi connectivity index (χ0n) is 16.2. The summed E-state index contributed by atoms with van der Waals surface area (Å²) in [7, 11) is 1.86. The van der Waals surface area contributed by atoms with Gasteiger partial charge in [-0.05, 0) is 31.5 Å². The summed E-state index contributed by atoms with van der Waals surface area (Å²) < 4.78 is 39.2. The van der Waals surface area contributed by atoms with E-state index in [0.717, 1.165) is 16.6 Å². The Labute approximate surface area is 165 Å². The summed E-state index contributed by atoms with van der Waals surface area (Å²) in [5.41, 5.74) is 0.269. The number of carbonyl (C=O) groups excluding carboxylic acids is 1. The number of pyridine rings is 1. The van der Waals surface area contributed by atoms with Gasteiger partial charge in [-0.1, -0.05) is 6.92 Å². The van der Waals surface area contributed by atoms with Gasteiger partial charge in [-0.2, -0.15) is 13.2 Å². The largest absolute Gasteiger partial charge is 0.405 e. The van der Waals surface area contributed by atoms with Crippen LogP contribution in [-0.2, 0) is 11.8 Å². The van der Waals surface area contributed by atoms with E-state index in [4.69, 9.17) is 0 Å². The third-order valence-corrected chi connectivity index (χ3v) is 4.69. The summed E-state index contributed by atoms with van der Waals surface area (Å²) in [6, 6.07) is 5.28. The monoisotopic (exact) mass is 406 g/mol. The minimum atomic E-state index is -4.48. The Hall–Kier alpha value is -3.17. The van der Waals surface area contributed by atoms with Gasteiger partial charge in [-0.25, -0.2) is 15.0 Å². The van der Waals surface area contributed by atoms with Gasteiger partial charge in [0.25, 0.3) is 0 Å².